The van der Waals surface area contributed by atoms with Crippen LogP contribution in [0.15, 0.2) is 22.9 Å². The van der Waals surface area contributed by atoms with Gasteiger partial charge in [0.15, 0.2) is 11.9 Å². The number of carbonyl (C=O) groups is 5. The van der Waals surface area contributed by atoms with Crippen LogP contribution in [0.4, 0.5) is 21.0 Å². The Balaban J connectivity index is 1.07. The van der Waals surface area contributed by atoms with E-state index in [1.54, 1.807) is 56.8 Å². The number of rotatable bonds is 13. The SMILES string of the molecule is Cc1csc2c(OC(=O)N(C)CCN(C)C(=O)OC(C)(C)C)cc3c(c12)C(CCl)CN3C(=O)CCCC(=O)N1CC(CCl)c2c1cc(O[C@@H]1O[C@H](C(=O)O)[C@@H](O)[C@H](O)[C@H]1O)c1scc(C)c21. The number of amides is 4. The van der Waals surface area contributed by atoms with E-state index < -0.39 is 54.5 Å². The maximum Gasteiger partial charge on any atom is 0.415 e. The Labute approximate surface area is 399 Å². The number of nitrogens with zero attached hydrogens (tertiary/aromatic N) is 4. The minimum atomic E-state index is -1.90. The summed E-state index contributed by atoms with van der Waals surface area (Å²) in [4.78, 5) is 72.0. The number of halogens is 2. The van der Waals surface area contributed by atoms with Crippen molar-refractivity contribution in [1.29, 1.82) is 0 Å². The van der Waals surface area contributed by atoms with Crippen LogP contribution in [0.1, 0.15) is 74.1 Å². The standard InChI is InChI=1S/C45H54Cl2N4O13S2/c1-21-19-65-39-27(61-42-37(56)35(54)36(55)38(63-42)41(57)58)13-25-33(31(21)39)23(15-46)17-50(25)29(52)9-8-10-30(53)51-18-24(16-47)34-26(51)14-28(40-32(34)22(2)20-66-40)62-43(59)48(6)11-12-49(7)44(60)64-45(3,4)5/h13-14,19-20,23-24,35-38,42,54-56H,8-12,15-18H2,1-7H3,(H,57,58)/t23?,24?,35-,36-,37+,38-,42+/m0/s1. The van der Waals surface area contributed by atoms with E-state index >= 15 is 0 Å². The van der Waals surface area contributed by atoms with E-state index in [0.717, 1.165) is 37.7 Å². The normalized spacial score (nSPS) is 22.6. The molecule has 358 valence electrons. The third kappa shape index (κ3) is 9.63. The molecule has 1 fully saturated rings. The van der Waals surface area contributed by atoms with Gasteiger partial charge >= 0.3 is 18.2 Å². The fourth-order valence-electron chi connectivity index (χ4n) is 8.62. The van der Waals surface area contributed by atoms with Crippen LogP contribution >= 0.6 is 45.9 Å². The molecule has 7 atom stereocenters. The maximum absolute atomic E-state index is 14.2. The zero-order valence-electron chi connectivity index (χ0n) is 37.5. The van der Waals surface area contributed by atoms with E-state index in [2.05, 4.69) is 0 Å². The van der Waals surface area contributed by atoms with E-state index in [-0.39, 0.29) is 85.8 Å². The number of thiophene rings is 2. The highest BCUT2D eigenvalue weighted by Gasteiger charge is 2.49. The predicted octanol–water partition coefficient (Wildman–Crippen LogP) is 6.51. The van der Waals surface area contributed by atoms with Gasteiger partial charge < -0.3 is 59.0 Å². The van der Waals surface area contributed by atoms with Crippen molar-refractivity contribution in [2.75, 3.05) is 61.8 Å². The van der Waals surface area contributed by atoms with Crippen molar-refractivity contribution in [2.24, 2.45) is 0 Å². The summed E-state index contributed by atoms with van der Waals surface area (Å²) in [5.41, 5.74) is 3.93. The van der Waals surface area contributed by atoms with E-state index in [9.17, 15) is 44.4 Å². The lowest BCUT2D eigenvalue weighted by molar-refractivity contribution is -0.270. The highest BCUT2D eigenvalue weighted by Crippen LogP contribution is 2.51. The number of anilines is 2. The topological polar surface area (TPSA) is 216 Å². The average molecular weight is 994 g/mol. The van der Waals surface area contributed by atoms with E-state index in [4.69, 9.17) is 42.1 Å². The lowest BCUT2D eigenvalue weighted by Gasteiger charge is -2.38. The van der Waals surface area contributed by atoms with Crippen molar-refractivity contribution in [2.45, 2.75) is 102 Å². The van der Waals surface area contributed by atoms with Gasteiger partial charge in [0.1, 0.15) is 29.7 Å². The van der Waals surface area contributed by atoms with Crippen LogP contribution in [0.2, 0.25) is 0 Å². The van der Waals surface area contributed by atoms with Crippen molar-refractivity contribution >= 4 is 107 Å². The number of hydrogen-bond donors (Lipinski definition) is 4. The average Bonchev–Trinajstić information content (AvgIpc) is 4.04. The van der Waals surface area contributed by atoms with Crippen LogP contribution in [0.3, 0.4) is 0 Å². The van der Waals surface area contributed by atoms with Gasteiger partial charge in [-0.1, -0.05) is 0 Å². The van der Waals surface area contributed by atoms with Gasteiger partial charge in [0.25, 0.3) is 0 Å². The molecule has 4 aromatic rings. The van der Waals surface area contributed by atoms with Gasteiger partial charge in [-0.15, -0.1) is 45.9 Å². The summed E-state index contributed by atoms with van der Waals surface area (Å²) in [6.07, 6.45) is -10.1. The van der Waals surface area contributed by atoms with Crippen LogP contribution in [0.5, 0.6) is 11.5 Å². The number of carboxylic acids is 1. The molecule has 66 heavy (non-hydrogen) atoms. The number of aliphatic hydroxyl groups excluding tert-OH is 3. The molecule has 0 spiro atoms. The summed E-state index contributed by atoms with van der Waals surface area (Å²) >= 11 is 15.8. The third-order valence-electron chi connectivity index (χ3n) is 12.0. The summed E-state index contributed by atoms with van der Waals surface area (Å²) in [6.45, 7) is 10.1. The number of benzene rings is 2. The number of ether oxygens (including phenoxy) is 4. The van der Waals surface area contributed by atoms with Crippen molar-refractivity contribution in [1.82, 2.24) is 9.80 Å². The summed E-state index contributed by atoms with van der Waals surface area (Å²) < 4.78 is 24.3. The molecular formula is C45H54Cl2N4O13S2. The predicted molar refractivity (Wildman–Crippen MR) is 251 cm³/mol. The molecule has 3 aliphatic heterocycles. The van der Waals surface area contributed by atoms with Crippen LogP contribution in [0, 0.1) is 13.8 Å². The van der Waals surface area contributed by atoms with Gasteiger partial charge in [0, 0.05) is 99.6 Å². The largest absolute Gasteiger partial charge is 0.479 e. The van der Waals surface area contributed by atoms with Crippen LogP contribution in [-0.2, 0) is 23.9 Å². The summed E-state index contributed by atoms with van der Waals surface area (Å²) in [6, 6.07) is 3.31. The van der Waals surface area contributed by atoms with E-state index in [0.29, 0.717) is 22.6 Å². The summed E-state index contributed by atoms with van der Waals surface area (Å²) in [5.74, 6) is -1.65. The van der Waals surface area contributed by atoms with Gasteiger partial charge in [-0.05, 0) is 74.1 Å². The molecule has 7 rings (SSSR count). The molecule has 1 saturated heterocycles. The summed E-state index contributed by atoms with van der Waals surface area (Å²) in [7, 11) is 3.15. The van der Waals surface area contributed by atoms with Gasteiger partial charge in [-0.25, -0.2) is 14.4 Å². The quantitative estimate of drug-likeness (QED) is 0.105. The molecule has 3 aliphatic rings. The number of aliphatic hydroxyl groups is 3. The Hall–Kier alpha value is -4.47. The first kappa shape index (κ1) is 49.4. The molecule has 5 heterocycles. The van der Waals surface area contributed by atoms with E-state index in [1.807, 2.05) is 24.6 Å². The number of fused-ring (bicyclic) bond motifs is 6. The Kier molecular flexibility index (Phi) is 14.7. The Morgan fingerprint density at radius 3 is 1.74 bits per heavy atom. The number of likely N-dealkylation sites (N-methyl/N-ethyl adjacent to an activating group) is 2. The van der Waals surface area contributed by atoms with Crippen molar-refractivity contribution < 1.29 is 63.3 Å². The molecular weight excluding hydrogens is 940 g/mol. The number of carbonyl (C=O) groups excluding carboxylic acids is 4. The first-order valence-electron chi connectivity index (χ1n) is 21.4. The maximum atomic E-state index is 14.2. The van der Waals surface area contributed by atoms with Gasteiger partial charge in [-0.2, -0.15) is 0 Å². The molecule has 2 aromatic heterocycles. The zero-order chi connectivity index (χ0) is 48.1. The molecule has 0 radical (unpaired) electrons. The molecule has 2 aromatic carbocycles. The Morgan fingerprint density at radius 2 is 1.26 bits per heavy atom. The molecule has 0 saturated carbocycles. The lowest BCUT2D eigenvalue weighted by atomic mass is 9.96. The third-order valence-corrected chi connectivity index (χ3v) is 15.0. The van der Waals surface area contributed by atoms with Gasteiger partial charge in [-0.3, -0.25) is 9.59 Å². The second-order valence-corrected chi connectivity index (χ2v) is 20.3. The van der Waals surface area contributed by atoms with Crippen LogP contribution in [-0.4, -0.2) is 149 Å². The molecule has 21 heteroatoms. The molecule has 2 unspecified atom stereocenters. The minimum absolute atomic E-state index is 0.00747. The van der Waals surface area contributed by atoms with Crippen molar-refractivity contribution in [3.05, 3.63) is 45.1 Å². The monoisotopic (exact) mass is 992 g/mol. The first-order valence-corrected chi connectivity index (χ1v) is 24.3. The van der Waals surface area contributed by atoms with Crippen molar-refractivity contribution in [3.8, 4) is 11.5 Å². The molecule has 0 aliphatic carbocycles. The smallest absolute Gasteiger partial charge is 0.415 e. The second-order valence-electron chi connectivity index (χ2n) is 18.0. The minimum Gasteiger partial charge on any atom is -0.479 e. The fraction of sp³-hybridized carbons (Fsp3) is 0.533. The fourth-order valence-corrected chi connectivity index (χ4v) is 11.2. The Morgan fingerprint density at radius 1 is 0.773 bits per heavy atom. The highest BCUT2D eigenvalue weighted by atomic mass is 35.5. The second kappa shape index (κ2) is 19.6. The number of carboxylic acid groups (broad SMARTS) is 1. The van der Waals surface area contributed by atoms with E-state index in [1.165, 1.54) is 32.5 Å². The first-order chi connectivity index (χ1) is 31.1. The Bertz CT molecular complexity index is 2540. The zero-order valence-corrected chi connectivity index (χ0v) is 40.7. The number of aliphatic carboxylic acids is 1. The van der Waals surface area contributed by atoms with Gasteiger partial charge in [0.05, 0.1) is 20.8 Å². The lowest BCUT2D eigenvalue weighted by Crippen LogP contribution is -2.61. The molecule has 4 amide bonds. The number of aryl methyl sites for hydroxylation is 2. The van der Waals surface area contributed by atoms with Crippen molar-refractivity contribution in [3.63, 3.8) is 0 Å². The van der Waals surface area contributed by atoms with Gasteiger partial charge in [0.2, 0.25) is 18.1 Å². The molecule has 17 nitrogen and oxygen atoms in total. The summed E-state index contributed by atoms with van der Waals surface area (Å²) in [5, 5.41) is 46.5. The molecule has 4 N–H and O–H groups in total. The number of alkyl halides is 2. The highest BCUT2D eigenvalue weighted by molar-refractivity contribution is 7.18. The van der Waals surface area contributed by atoms with Crippen LogP contribution in [0.25, 0.3) is 20.2 Å². The van der Waals surface area contributed by atoms with Crippen LogP contribution < -0.4 is 19.3 Å². The molecule has 0 bridgehead atoms. The number of hydrogen-bond acceptors (Lipinski definition) is 14.